The number of benzene rings is 1. The molecule has 65 heavy (non-hydrogen) atoms. The van der Waals surface area contributed by atoms with Crippen molar-refractivity contribution >= 4 is 35.5 Å². The molecule has 9 N–H and O–H groups in total. The van der Waals surface area contributed by atoms with Gasteiger partial charge in [-0.25, -0.2) is 4.79 Å². The lowest BCUT2D eigenvalue weighted by Gasteiger charge is -2.52. The van der Waals surface area contributed by atoms with Gasteiger partial charge in [-0.3, -0.25) is 29.7 Å². The van der Waals surface area contributed by atoms with Gasteiger partial charge in [-0.2, -0.15) is 0 Å². The highest BCUT2D eigenvalue weighted by Gasteiger charge is 2.58. The van der Waals surface area contributed by atoms with Gasteiger partial charge in [-0.15, -0.1) is 0 Å². The lowest BCUT2D eigenvalue weighted by atomic mass is 9.82. The number of aliphatic hydroxyl groups excluding tert-OH is 3. The van der Waals surface area contributed by atoms with Gasteiger partial charge in [0.25, 0.3) is 0 Å². The molecule has 1 heterocycles. The summed E-state index contributed by atoms with van der Waals surface area (Å²) in [6.45, 7) is 1.51. The lowest BCUT2D eigenvalue weighted by molar-refractivity contribution is -0.291. The van der Waals surface area contributed by atoms with E-state index in [1.54, 1.807) is 24.3 Å². The smallest absolute Gasteiger partial charge is 0.407 e. The zero-order chi connectivity index (χ0) is 47.7. The maximum absolute atomic E-state index is 14.1. The highest BCUT2D eigenvalue weighted by molar-refractivity contribution is 5.92. The van der Waals surface area contributed by atoms with Crippen LogP contribution in [0.3, 0.4) is 0 Å². The van der Waals surface area contributed by atoms with Crippen LogP contribution in [0, 0.1) is 5.92 Å². The highest BCUT2D eigenvalue weighted by Crippen LogP contribution is 2.36. The van der Waals surface area contributed by atoms with Gasteiger partial charge in [0, 0.05) is 13.0 Å². The number of carbonyl (C=O) groups excluding carboxylic acids is 6. The lowest BCUT2D eigenvalue weighted by Crippen LogP contribution is -2.75. The van der Waals surface area contributed by atoms with Gasteiger partial charge in [0.15, 0.2) is 5.78 Å². The first-order chi connectivity index (χ1) is 31.4. The number of alkyl carbamates (subject to hydrolysis) is 1. The van der Waals surface area contributed by atoms with Crippen molar-refractivity contribution in [2.24, 2.45) is 11.7 Å². The van der Waals surface area contributed by atoms with E-state index in [-0.39, 0.29) is 25.5 Å². The Morgan fingerprint density at radius 3 is 1.57 bits per heavy atom. The van der Waals surface area contributed by atoms with Crippen LogP contribution in [-0.2, 0) is 40.1 Å². The Balaban J connectivity index is 1.98. The van der Waals surface area contributed by atoms with Gasteiger partial charge < -0.3 is 51.0 Å². The fourth-order valence-electron chi connectivity index (χ4n) is 7.94. The van der Waals surface area contributed by atoms with E-state index in [4.69, 9.17) is 15.2 Å². The van der Waals surface area contributed by atoms with Gasteiger partial charge in [-0.05, 0) is 18.4 Å². The Bertz CT molecular complexity index is 1520. The van der Waals surface area contributed by atoms with Crippen molar-refractivity contribution in [3.8, 4) is 0 Å². The van der Waals surface area contributed by atoms with Crippen molar-refractivity contribution in [1.82, 2.24) is 26.2 Å². The zero-order valence-electron chi connectivity index (χ0n) is 39.3. The molecule has 0 aliphatic carbocycles. The molecule has 0 bridgehead atoms. The van der Waals surface area contributed by atoms with Crippen LogP contribution < -0.4 is 27.0 Å². The molecule has 1 aromatic rings. The number of ether oxygens (including phenoxy) is 2. The van der Waals surface area contributed by atoms with Crippen LogP contribution in [0.15, 0.2) is 30.3 Å². The SMILES string of the molecule is CCCCCCCCCCCCCCN(C(=O)CCCCCCCCCCC)[C@]1(N)O[C@H](CO)[C@@H](O)[C@H](O)[C@H]1C(=O)CNC(=O)CNC(=O)CNC(=O)CNC(=O)OCc1ccccc1. The first-order valence-electron chi connectivity index (χ1n) is 24.4. The number of rotatable bonds is 36. The number of unbranched alkanes of at least 4 members (excludes halogenated alkanes) is 19. The fourth-order valence-corrected chi connectivity index (χ4v) is 7.94. The van der Waals surface area contributed by atoms with Crippen molar-refractivity contribution in [1.29, 1.82) is 0 Å². The van der Waals surface area contributed by atoms with Gasteiger partial charge in [-0.1, -0.05) is 166 Å². The minimum absolute atomic E-state index is 0.00959. The first-order valence-corrected chi connectivity index (χ1v) is 24.4. The van der Waals surface area contributed by atoms with Crippen LogP contribution in [0.5, 0.6) is 0 Å². The molecule has 5 atom stereocenters. The Labute approximate surface area is 387 Å². The number of aliphatic hydroxyl groups is 3. The largest absolute Gasteiger partial charge is 0.445 e. The van der Waals surface area contributed by atoms with Crippen molar-refractivity contribution in [2.75, 3.05) is 39.3 Å². The van der Waals surface area contributed by atoms with Crippen LogP contribution in [-0.4, -0.2) is 119 Å². The van der Waals surface area contributed by atoms with Gasteiger partial charge in [0.1, 0.15) is 31.3 Å². The Kier molecular flexibility index (Phi) is 30.0. The summed E-state index contributed by atoms with van der Waals surface area (Å²) < 4.78 is 11.1. The normalized spacial score (nSPS) is 19.2. The predicted octanol–water partition coefficient (Wildman–Crippen LogP) is 4.62. The van der Waals surface area contributed by atoms with Crippen molar-refractivity contribution in [3.63, 3.8) is 0 Å². The number of nitrogens with two attached hydrogens (primary N) is 1. The zero-order valence-corrected chi connectivity index (χ0v) is 39.3. The van der Waals surface area contributed by atoms with Crippen LogP contribution in [0.4, 0.5) is 4.79 Å². The molecule has 17 heteroatoms. The minimum Gasteiger partial charge on any atom is -0.445 e. The van der Waals surface area contributed by atoms with Crippen LogP contribution in [0.25, 0.3) is 0 Å². The van der Waals surface area contributed by atoms with Crippen molar-refractivity contribution < 1.29 is 53.6 Å². The molecule has 5 amide bonds. The average molecular weight is 919 g/mol. The molecule has 0 aromatic heterocycles. The van der Waals surface area contributed by atoms with Gasteiger partial charge >= 0.3 is 6.09 Å². The second-order valence-electron chi connectivity index (χ2n) is 17.3. The monoisotopic (exact) mass is 919 g/mol. The molecule has 0 spiro atoms. The van der Waals surface area contributed by atoms with E-state index in [0.29, 0.717) is 12.8 Å². The summed E-state index contributed by atoms with van der Waals surface area (Å²) in [5.41, 5.74) is 7.66. The van der Waals surface area contributed by atoms with Gasteiger partial charge in [0.05, 0.1) is 32.3 Å². The Hall–Kier alpha value is -4.16. The average Bonchev–Trinajstić information content (AvgIpc) is 3.30. The maximum atomic E-state index is 14.1. The second-order valence-corrected chi connectivity index (χ2v) is 17.3. The van der Waals surface area contributed by atoms with E-state index in [1.165, 1.54) is 75.5 Å². The number of hydrogen-bond donors (Lipinski definition) is 8. The van der Waals surface area contributed by atoms with E-state index < -0.39 is 92.5 Å². The Morgan fingerprint density at radius 1 is 0.631 bits per heavy atom. The fraction of sp³-hybridized carbons (Fsp3) is 0.750. The number of nitrogens with one attached hydrogen (secondary N) is 4. The number of hydrogen-bond acceptors (Lipinski definition) is 12. The molecule has 2 rings (SSSR count). The summed E-state index contributed by atoms with van der Waals surface area (Å²) in [5.74, 6) is -7.41. The summed E-state index contributed by atoms with van der Waals surface area (Å²) in [6.07, 6.45) is 16.9. The third-order valence-corrected chi connectivity index (χ3v) is 11.8. The molecule has 0 unspecified atom stereocenters. The van der Waals surface area contributed by atoms with E-state index in [1.807, 2.05) is 6.07 Å². The second kappa shape index (κ2) is 34.2. The number of Topliss-reactive ketones (excluding diaryl/α,β-unsaturated/α-hetero) is 1. The predicted molar refractivity (Wildman–Crippen MR) is 248 cm³/mol. The summed E-state index contributed by atoms with van der Waals surface area (Å²) >= 11 is 0. The summed E-state index contributed by atoms with van der Waals surface area (Å²) in [6, 6.07) is 8.95. The minimum atomic E-state index is -2.26. The van der Waals surface area contributed by atoms with Crippen molar-refractivity contribution in [2.45, 2.75) is 186 Å². The molecule has 1 aliphatic rings. The van der Waals surface area contributed by atoms with Crippen LogP contribution in [0.1, 0.15) is 161 Å². The Morgan fingerprint density at radius 2 is 1.08 bits per heavy atom. The molecule has 1 saturated heterocycles. The van der Waals surface area contributed by atoms with E-state index >= 15 is 0 Å². The van der Waals surface area contributed by atoms with Crippen LogP contribution in [0.2, 0.25) is 0 Å². The topological polar surface area (TPSA) is 259 Å². The molecule has 17 nitrogen and oxygen atoms in total. The third kappa shape index (κ3) is 23.2. The van der Waals surface area contributed by atoms with E-state index in [2.05, 4.69) is 35.1 Å². The van der Waals surface area contributed by atoms with Crippen molar-refractivity contribution in [3.05, 3.63) is 35.9 Å². The highest BCUT2D eigenvalue weighted by atomic mass is 16.6. The van der Waals surface area contributed by atoms with E-state index in [9.17, 15) is 44.1 Å². The van der Waals surface area contributed by atoms with Gasteiger partial charge in [0.2, 0.25) is 29.5 Å². The summed E-state index contributed by atoms with van der Waals surface area (Å²) in [5, 5.41) is 41.7. The molecular formula is C48H82N6O11. The summed E-state index contributed by atoms with van der Waals surface area (Å²) in [4.78, 5) is 78.4. The molecular weight excluding hydrogens is 837 g/mol. The van der Waals surface area contributed by atoms with Crippen LogP contribution >= 0.6 is 0 Å². The number of carbonyl (C=O) groups is 6. The third-order valence-electron chi connectivity index (χ3n) is 11.8. The molecule has 1 fully saturated rings. The molecule has 0 saturated carbocycles. The summed E-state index contributed by atoms with van der Waals surface area (Å²) in [7, 11) is 0. The quantitative estimate of drug-likeness (QED) is 0.0339. The molecule has 370 valence electrons. The number of nitrogens with zero attached hydrogens (tertiary/aromatic N) is 1. The van der Waals surface area contributed by atoms with E-state index in [0.717, 1.165) is 56.9 Å². The number of ketones is 1. The molecule has 1 aromatic carbocycles. The molecule has 0 radical (unpaired) electrons. The maximum Gasteiger partial charge on any atom is 0.407 e. The molecule has 1 aliphatic heterocycles. The number of amides is 5. The first kappa shape index (κ1) is 57.0. The standard InChI is InChI=1S/C48H82N6O11/c1-3-5-7-9-11-13-14-15-17-19-21-26-30-54(43(60)29-25-20-18-16-12-10-8-6-4-2)48(49)44(46(62)45(61)39(35-55)65-48)38(56)31-50-40(57)32-51-41(58)33-52-42(59)34-53-47(63)64-36-37-27-23-22-24-28-37/h22-24,27-28,39,44-46,55,61-62H,3-21,25-26,29-36,49H2,1-2H3,(H,50,57)(H,51,58)(H,52,59)(H,53,63)/t39-,44-,45-,46-,48+/m1/s1.